The Balaban J connectivity index is 0.00000162. The van der Waals surface area contributed by atoms with Gasteiger partial charge in [-0.2, -0.15) is 5.26 Å². The van der Waals surface area contributed by atoms with E-state index in [1.165, 1.54) is 0 Å². The van der Waals surface area contributed by atoms with Crippen LogP contribution in [0.3, 0.4) is 0 Å². The average molecular weight is 266 g/mol. The fraction of sp³-hybridized carbons (Fsp3) is 0.385. The highest BCUT2D eigenvalue weighted by molar-refractivity contribution is 6.01. The second kappa shape index (κ2) is 6.50. The number of nitriles is 1. The largest absolute Gasteiger partial charge is 0.326 e. The lowest BCUT2D eigenvalue weighted by atomic mass is 9.96. The summed E-state index contributed by atoms with van der Waals surface area (Å²) >= 11 is 0. The maximum atomic E-state index is 12.3. The van der Waals surface area contributed by atoms with Gasteiger partial charge in [0, 0.05) is 18.7 Å². The van der Waals surface area contributed by atoms with Crippen molar-refractivity contribution in [2.75, 3.05) is 6.54 Å². The Bertz CT molecular complexity index is 470. The summed E-state index contributed by atoms with van der Waals surface area (Å²) in [5.41, 5.74) is 7.15. The number of carbonyl (C=O) groups excluding carboxylic acids is 1. The summed E-state index contributed by atoms with van der Waals surface area (Å²) in [7, 11) is 0. The van der Waals surface area contributed by atoms with E-state index in [4.69, 9.17) is 11.0 Å². The van der Waals surface area contributed by atoms with Crippen LogP contribution in [0, 0.1) is 17.2 Å². The molecule has 2 rings (SSSR count). The van der Waals surface area contributed by atoms with Gasteiger partial charge < -0.3 is 11.1 Å². The molecule has 0 radical (unpaired) electrons. The zero-order chi connectivity index (χ0) is 12.3. The van der Waals surface area contributed by atoms with Crippen LogP contribution in [0.15, 0.2) is 24.3 Å². The van der Waals surface area contributed by atoms with Crippen LogP contribution >= 0.6 is 12.4 Å². The van der Waals surface area contributed by atoms with Gasteiger partial charge in [-0.15, -0.1) is 12.4 Å². The van der Waals surface area contributed by atoms with E-state index in [0.717, 1.165) is 5.56 Å². The maximum absolute atomic E-state index is 12.3. The van der Waals surface area contributed by atoms with Crippen molar-refractivity contribution < 1.29 is 4.79 Å². The van der Waals surface area contributed by atoms with Crippen molar-refractivity contribution in [1.82, 2.24) is 5.32 Å². The van der Waals surface area contributed by atoms with E-state index < -0.39 is 0 Å². The van der Waals surface area contributed by atoms with Crippen molar-refractivity contribution in [3.63, 3.8) is 0 Å². The van der Waals surface area contributed by atoms with Gasteiger partial charge in [0.15, 0.2) is 5.78 Å². The lowest BCUT2D eigenvalue weighted by Crippen LogP contribution is -2.31. The number of rotatable bonds is 3. The molecule has 1 heterocycles. The third-order valence-electron chi connectivity index (χ3n) is 3.13. The fourth-order valence-electron chi connectivity index (χ4n) is 2.16. The monoisotopic (exact) mass is 265 g/mol. The van der Waals surface area contributed by atoms with E-state index in [0.29, 0.717) is 25.1 Å². The summed E-state index contributed by atoms with van der Waals surface area (Å²) in [5.74, 6) is -0.0159. The number of ketones is 1. The quantitative estimate of drug-likeness (QED) is 0.807. The van der Waals surface area contributed by atoms with Crippen LogP contribution in [0.2, 0.25) is 0 Å². The highest BCUT2D eigenvalue weighted by Crippen LogP contribution is 2.19. The standard InChI is InChI=1S/C13H15N3O.ClH/c14-6-9-5-12(16-8-9)13(17)11-4-2-1-3-10(11)7-15;/h1-4,9,12,16H,5,7-8,15H2;1H. The molecule has 0 aromatic heterocycles. The molecule has 1 aliphatic rings. The predicted molar refractivity (Wildman–Crippen MR) is 71.4 cm³/mol. The molecule has 1 aromatic rings. The molecule has 4 nitrogen and oxygen atoms in total. The van der Waals surface area contributed by atoms with Crippen LogP contribution in [0.25, 0.3) is 0 Å². The van der Waals surface area contributed by atoms with Gasteiger partial charge in [-0.1, -0.05) is 24.3 Å². The van der Waals surface area contributed by atoms with Gasteiger partial charge in [-0.25, -0.2) is 0 Å². The smallest absolute Gasteiger partial charge is 0.180 e. The van der Waals surface area contributed by atoms with Crippen LogP contribution < -0.4 is 11.1 Å². The van der Waals surface area contributed by atoms with E-state index in [9.17, 15) is 4.79 Å². The zero-order valence-corrected chi connectivity index (χ0v) is 10.7. The molecule has 0 amide bonds. The SMILES string of the molecule is Cl.N#CC1CNC(C(=O)c2ccccc2CN)C1. The van der Waals surface area contributed by atoms with E-state index in [1.807, 2.05) is 18.2 Å². The van der Waals surface area contributed by atoms with E-state index >= 15 is 0 Å². The average Bonchev–Trinajstić information content (AvgIpc) is 2.86. The Morgan fingerprint density at radius 2 is 2.22 bits per heavy atom. The van der Waals surface area contributed by atoms with E-state index in [1.54, 1.807) is 6.07 Å². The van der Waals surface area contributed by atoms with Gasteiger partial charge in [-0.05, 0) is 12.0 Å². The minimum absolute atomic E-state index is 0. The van der Waals surface area contributed by atoms with Crippen molar-refractivity contribution in [1.29, 1.82) is 5.26 Å². The number of carbonyl (C=O) groups is 1. The molecular weight excluding hydrogens is 250 g/mol. The predicted octanol–water partition coefficient (Wildman–Crippen LogP) is 1.25. The molecule has 0 spiro atoms. The van der Waals surface area contributed by atoms with Crippen LogP contribution in [-0.4, -0.2) is 18.4 Å². The Kier molecular flexibility index (Phi) is 5.29. The minimum atomic E-state index is -0.243. The highest BCUT2D eigenvalue weighted by Gasteiger charge is 2.30. The van der Waals surface area contributed by atoms with Crippen LogP contribution in [0.5, 0.6) is 0 Å². The Morgan fingerprint density at radius 1 is 1.50 bits per heavy atom. The molecule has 2 unspecified atom stereocenters. The minimum Gasteiger partial charge on any atom is -0.326 e. The fourth-order valence-corrected chi connectivity index (χ4v) is 2.16. The molecule has 1 aliphatic heterocycles. The molecule has 18 heavy (non-hydrogen) atoms. The van der Waals surface area contributed by atoms with Gasteiger partial charge in [0.25, 0.3) is 0 Å². The van der Waals surface area contributed by atoms with Gasteiger partial charge in [0.2, 0.25) is 0 Å². The Hall–Kier alpha value is -1.41. The first-order valence-electron chi connectivity index (χ1n) is 5.71. The molecule has 0 saturated carbocycles. The highest BCUT2D eigenvalue weighted by atomic mass is 35.5. The van der Waals surface area contributed by atoms with Crippen LogP contribution in [0.4, 0.5) is 0 Å². The molecule has 0 bridgehead atoms. The normalized spacial score (nSPS) is 22.0. The second-order valence-electron chi connectivity index (χ2n) is 4.25. The van der Waals surface area contributed by atoms with Gasteiger partial charge in [0.1, 0.15) is 0 Å². The number of nitrogens with zero attached hydrogens (tertiary/aromatic N) is 1. The summed E-state index contributed by atoms with van der Waals surface area (Å²) in [6.45, 7) is 0.952. The van der Waals surface area contributed by atoms with Crippen molar-refractivity contribution in [3.8, 4) is 6.07 Å². The van der Waals surface area contributed by atoms with Crippen LogP contribution in [-0.2, 0) is 6.54 Å². The first kappa shape index (κ1) is 14.7. The summed E-state index contributed by atoms with van der Waals surface area (Å²) < 4.78 is 0. The number of nitrogens with two attached hydrogens (primary N) is 1. The topological polar surface area (TPSA) is 78.9 Å². The summed E-state index contributed by atoms with van der Waals surface area (Å²) in [6, 6.07) is 9.32. The lowest BCUT2D eigenvalue weighted by molar-refractivity contribution is 0.0950. The summed E-state index contributed by atoms with van der Waals surface area (Å²) in [5, 5.41) is 11.9. The Labute approximate surface area is 113 Å². The number of hydrogen-bond donors (Lipinski definition) is 2. The number of hydrogen-bond acceptors (Lipinski definition) is 4. The lowest BCUT2D eigenvalue weighted by Gasteiger charge is -2.11. The van der Waals surface area contributed by atoms with Gasteiger partial charge in [0.05, 0.1) is 18.0 Å². The first-order valence-corrected chi connectivity index (χ1v) is 5.71. The van der Waals surface area contributed by atoms with Crippen molar-refractivity contribution in [2.45, 2.75) is 19.0 Å². The van der Waals surface area contributed by atoms with Gasteiger partial charge in [-0.3, -0.25) is 4.79 Å². The second-order valence-corrected chi connectivity index (χ2v) is 4.25. The molecule has 0 aliphatic carbocycles. The zero-order valence-electron chi connectivity index (χ0n) is 9.93. The molecular formula is C13H16ClN3O. The first-order chi connectivity index (χ1) is 8.26. The summed E-state index contributed by atoms with van der Waals surface area (Å²) in [6.07, 6.45) is 0.592. The van der Waals surface area contributed by atoms with Crippen molar-refractivity contribution in [2.24, 2.45) is 11.7 Å². The molecule has 96 valence electrons. The Morgan fingerprint density at radius 3 is 2.83 bits per heavy atom. The summed E-state index contributed by atoms with van der Waals surface area (Å²) in [4.78, 5) is 12.3. The number of Topliss-reactive ketones (excluding diaryl/α,β-unsaturated/α-hetero) is 1. The van der Waals surface area contributed by atoms with Crippen molar-refractivity contribution >= 4 is 18.2 Å². The maximum Gasteiger partial charge on any atom is 0.180 e. The molecule has 1 saturated heterocycles. The van der Waals surface area contributed by atoms with Crippen molar-refractivity contribution in [3.05, 3.63) is 35.4 Å². The molecule has 1 fully saturated rings. The molecule has 1 aromatic carbocycles. The molecule has 5 heteroatoms. The number of halogens is 1. The number of nitrogens with one attached hydrogen (secondary N) is 1. The van der Waals surface area contributed by atoms with Crippen LogP contribution in [0.1, 0.15) is 22.3 Å². The van der Waals surface area contributed by atoms with E-state index in [-0.39, 0.29) is 30.2 Å². The van der Waals surface area contributed by atoms with Gasteiger partial charge >= 0.3 is 0 Å². The van der Waals surface area contributed by atoms with E-state index in [2.05, 4.69) is 11.4 Å². The molecule has 3 N–H and O–H groups in total. The molecule has 2 atom stereocenters. The third kappa shape index (κ3) is 2.88. The number of benzene rings is 1. The third-order valence-corrected chi connectivity index (χ3v) is 3.13.